The number of carbonyl (C=O) groups excluding carboxylic acids is 1. The Balaban J connectivity index is 1.98. The minimum absolute atomic E-state index is 0.0354. The van der Waals surface area contributed by atoms with Gasteiger partial charge in [0.25, 0.3) is 0 Å². The van der Waals surface area contributed by atoms with Crippen molar-refractivity contribution in [3.05, 3.63) is 47.0 Å². The van der Waals surface area contributed by atoms with Crippen molar-refractivity contribution in [3.8, 4) is 17.2 Å². The number of rotatable bonds is 8. The molecule has 0 aromatic heterocycles. The minimum atomic E-state index is -0.0354. The fourth-order valence-corrected chi connectivity index (χ4v) is 3.42. The number of ether oxygens (including phenoxy) is 3. The summed E-state index contributed by atoms with van der Waals surface area (Å²) in [7, 11) is 4.73. The molecule has 0 atom stereocenters. The van der Waals surface area contributed by atoms with Gasteiger partial charge in [0.2, 0.25) is 5.91 Å². The Labute approximate surface area is 159 Å². The molecule has 5 nitrogen and oxygen atoms in total. The molecule has 1 amide bonds. The summed E-state index contributed by atoms with van der Waals surface area (Å²) in [6.45, 7) is 4.47. The SMILES string of the molecule is COc1cc(OC)c(OC)cc1CNC(=O)CSc1ccc(C)cc1C. The molecule has 0 saturated heterocycles. The van der Waals surface area contributed by atoms with Crippen molar-refractivity contribution in [2.24, 2.45) is 0 Å². The Bertz CT molecular complexity index is 777. The molecule has 0 bridgehead atoms. The van der Waals surface area contributed by atoms with E-state index in [-0.39, 0.29) is 5.91 Å². The van der Waals surface area contributed by atoms with Gasteiger partial charge in [0.15, 0.2) is 11.5 Å². The zero-order valence-corrected chi connectivity index (χ0v) is 16.7. The van der Waals surface area contributed by atoms with Gasteiger partial charge in [-0.05, 0) is 31.5 Å². The van der Waals surface area contributed by atoms with Crippen molar-refractivity contribution >= 4 is 17.7 Å². The van der Waals surface area contributed by atoms with E-state index >= 15 is 0 Å². The fourth-order valence-electron chi connectivity index (χ4n) is 2.58. The van der Waals surface area contributed by atoms with Crippen LogP contribution in [0.25, 0.3) is 0 Å². The second-order valence-electron chi connectivity index (χ2n) is 5.85. The van der Waals surface area contributed by atoms with Gasteiger partial charge >= 0.3 is 0 Å². The highest BCUT2D eigenvalue weighted by atomic mass is 32.2. The molecule has 0 unspecified atom stereocenters. The maximum absolute atomic E-state index is 12.2. The van der Waals surface area contributed by atoms with Gasteiger partial charge in [-0.2, -0.15) is 0 Å². The smallest absolute Gasteiger partial charge is 0.230 e. The number of methoxy groups -OCH3 is 3. The summed E-state index contributed by atoms with van der Waals surface area (Å²) in [5.41, 5.74) is 3.23. The van der Waals surface area contributed by atoms with Gasteiger partial charge in [-0.3, -0.25) is 4.79 Å². The average molecular weight is 375 g/mol. The Morgan fingerprint density at radius 2 is 1.62 bits per heavy atom. The van der Waals surface area contributed by atoms with Crippen LogP contribution in [-0.2, 0) is 11.3 Å². The Morgan fingerprint density at radius 1 is 0.962 bits per heavy atom. The summed E-state index contributed by atoms with van der Waals surface area (Å²) in [5.74, 6) is 2.16. The van der Waals surface area contributed by atoms with Gasteiger partial charge in [-0.25, -0.2) is 0 Å². The molecule has 2 rings (SSSR count). The van der Waals surface area contributed by atoms with E-state index in [1.807, 2.05) is 6.07 Å². The number of nitrogens with one attached hydrogen (secondary N) is 1. The summed E-state index contributed by atoms with van der Waals surface area (Å²) in [6.07, 6.45) is 0. The van der Waals surface area contributed by atoms with Gasteiger partial charge < -0.3 is 19.5 Å². The molecular weight excluding hydrogens is 350 g/mol. The summed E-state index contributed by atoms with van der Waals surface area (Å²) >= 11 is 1.53. The van der Waals surface area contributed by atoms with E-state index in [0.717, 1.165) is 10.5 Å². The van der Waals surface area contributed by atoms with Gasteiger partial charge in [-0.15, -0.1) is 11.8 Å². The average Bonchev–Trinajstić information content (AvgIpc) is 2.64. The van der Waals surface area contributed by atoms with Crippen molar-refractivity contribution in [3.63, 3.8) is 0 Å². The standard InChI is InChI=1S/C20H25NO4S/c1-13-6-7-19(14(2)8-13)26-12-20(22)21-11-15-9-17(24-4)18(25-5)10-16(15)23-3/h6-10H,11-12H2,1-5H3,(H,21,22). The van der Waals surface area contributed by atoms with Gasteiger partial charge in [-0.1, -0.05) is 17.7 Å². The first kappa shape index (κ1) is 20.0. The molecule has 0 spiro atoms. The van der Waals surface area contributed by atoms with Crippen molar-refractivity contribution < 1.29 is 19.0 Å². The van der Waals surface area contributed by atoms with E-state index in [4.69, 9.17) is 14.2 Å². The molecule has 0 radical (unpaired) electrons. The van der Waals surface area contributed by atoms with Crippen LogP contribution in [0.2, 0.25) is 0 Å². The number of carbonyl (C=O) groups is 1. The molecule has 26 heavy (non-hydrogen) atoms. The molecule has 1 N–H and O–H groups in total. The topological polar surface area (TPSA) is 56.8 Å². The molecular formula is C20H25NO4S. The molecule has 0 heterocycles. The van der Waals surface area contributed by atoms with E-state index in [1.54, 1.807) is 27.4 Å². The number of hydrogen-bond donors (Lipinski definition) is 1. The Kier molecular flexibility index (Phi) is 7.21. The van der Waals surface area contributed by atoms with Gasteiger partial charge in [0, 0.05) is 23.1 Å². The number of benzene rings is 2. The maximum Gasteiger partial charge on any atom is 0.230 e. The van der Waals surface area contributed by atoms with Gasteiger partial charge in [0.05, 0.1) is 27.1 Å². The molecule has 0 aliphatic carbocycles. The van der Waals surface area contributed by atoms with Crippen molar-refractivity contribution in [1.29, 1.82) is 0 Å². The van der Waals surface area contributed by atoms with Crippen LogP contribution in [0.5, 0.6) is 17.2 Å². The summed E-state index contributed by atoms with van der Waals surface area (Å²) < 4.78 is 16.0. The summed E-state index contributed by atoms with van der Waals surface area (Å²) in [5, 5.41) is 2.93. The molecule has 0 fully saturated rings. The third-order valence-electron chi connectivity index (χ3n) is 3.95. The lowest BCUT2D eigenvalue weighted by molar-refractivity contribution is -0.118. The molecule has 0 aliphatic heterocycles. The second-order valence-corrected chi connectivity index (χ2v) is 6.87. The monoisotopic (exact) mass is 375 g/mol. The Hall–Kier alpha value is -2.34. The predicted octanol–water partition coefficient (Wildman–Crippen LogP) is 3.74. The number of hydrogen-bond acceptors (Lipinski definition) is 5. The Morgan fingerprint density at radius 3 is 2.23 bits per heavy atom. The van der Waals surface area contributed by atoms with Crippen LogP contribution in [0.4, 0.5) is 0 Å². The molecule has 2 aromatic carbocycles. The summed E-state index contributed by atoms with van der Waals surface area (Å²) in [6, 6.07) is 9.80. The van der Waals surface area contributed by atoms with Crippen molar-refractivity contribution in [1.82, 2.24) is 5.32 Å². The normalized spacial score (nSPS) is 10.3. The lowest BCUT2D eigenvalue weighted by Gasteiger charge is -2.14. The number of aryl methyl sites for hydroxylation is 2. The number of thioether (sulfide) groups is 1. The number of amides is 1. The van der Waals surface area contributed by atoms with E-state index in [2.05, 4.69) is 37.4 Å². The maximum atomic E-state index is 12.2. The molecule has 6 heteroatoms. The largest absolute Gasteiger partial charge is 0.496 e. The lowest BCUT2D eigenvalue weighted by Crippen LogP contribution is -2.24. The summed E-state index contributed by atoms with van der Waals surface area (Å²) in [4.78, 5) is 13.3. The quantitative estimate of drug-likeness (QED) is 0.713. The van der Waals surface area contributed by atoms with Crippen LogP contribution in [0.15, 0.2) is 35.2 Å². The predicted molar refractivity (Wildman–Crippen MR) is 105 cm³/mol. The zero-order chi connectivity index (χ0) is 19.1. The van der Waals surface area contributed by atoms with Crippen LogP contribution < -0.4 is 19.5 Å². The third kappa shape index (κ3) is 5.08. The van der Waals surface area contributed by atoms with Crippen LogP contribution in [-0.4, -0.2) is 33.0 Å². The van der Waals surface area contributed by atoms with Crippen molar-refractivity contribution in [2.45, 2.75) is 25.3 Å². The first-order chi connectivity index (χ1) is 12.5. The minimum Gasteiger partial charge on any atom is -0.496 e. The van der Waals surface area contributed by atoms with Crippen LogP contribution in [0, 0.1) is 13.8 Å². The molecule has 140 valence electrons. The van der Waals surface area contributed by atoms with E-state index < -0.39 is 0 Å². The highest BCUT2D eigenvalue weighted by Crippen LogP contribution is 2.34. The van der Waals surface area contributed by atoms with E-state index in [9.17, 15) is 4.79 Å². The molecule has 2 aromatic rings. The fraction of sp³-hybridized carbons (Fsp3) is 0.350. The lowest BCUT2D eigenvalue weighted by atomic mass is 10.1. The van der Waals surface area contributed by atoms with E-state index in [0.29, 0.717) is 29.5 Å². The third-order valence-corrected chi connectivity index (χ3v) is 5.13. The zero-order valence-electron chi connectivity index (χ0n) is 15.8. The highest BCUT2D eigenvalue weighted by molar-refractivity contribution is 8.00. The van der Waals surface area contributed by atoms with Crippen LogP contribution in [0.1, 0.15) is 16.7 Å². The highest BCUT2D eigenvalue weighted by Gasteiger charge is 2.13. The van der Waals surface area contributed by atoms with Crippen LogP contribution in [0.3, 0.4) is 0 Å². The van der Waals surface area contributed by atoms with Gasteiger partial charge in [0.1, 0.15) is 5.75 Å². The van der Waals surface area contributed by atoms with E-state index in [1.165, 1.54) is 22.9 Å². The second kappa shape index (κ2) is 9.38. The molecule has 0 saturated carbocycles. The first-order valence-corrected chi connectivity index (χ1v) is 9.22. The molecule has 0 aliphatic rings. The van der Waals surface area contributed by atoms with Crippen LogP contribution >= 0.6 is 11.8 Å². The first-order valence-electron chi connectivity index (χ1n) is 8.24. The van der Waals surface area contributed by atoms with Crippen molar-refractivity contribution in [2.75, 3.05) is 27.1 Å².